The number of carbonyl (C=O) groups is 2. The number of halogens is 2. The summed E-state index contributed by atoms with van der Waals surface area (Å²) in [6, 6.07) is 0.360. The maximum absolute atomic E-state index is 14.5. The number of ether oxygens (including phenoxy) is 2. The molecule has 0 aliphatic heterocycles. The highest BCUT2D eigenvalue weighted by Crippen LogP contribution is 2.51. The van der Waals surface area contributed by atoms with Crippen molar-refractivity contribution >= 4 is 25.9 Å². The van der Waals surface area contributed by atoms with Gasteiger partial charge in [-0.3, -0.25) is 4.79 Å². The van der Waals surface area contributed by atoms with Gasteiger partial charge in [-0.2, -0.15) is 5.10 Å². The normalized spacial score (nSPS) is 17.2. The van der Waals surface area contributed by atoms with E-state index in [1.165, 1.54) is 12.3 Å². The number of carbonyl (C=O) groups excluding carboxylic acids is 2. The number of aryl methyl sites for hydroxylation is 1. The Morgan fingerprint density at radius 1 is 1.12 bits per heavy atom. The summed E-state index contributed by atoms with van der Waals surface area (Å²) in [6.45, 7) is 17.8. The molecule has 0 unspecified atom stereocenters. The second-order valence-corrected chi connectivity index (χ2v) is 19.7. The number of alkyl carbamates (subject to hydrolysis) is 1. The molecule has 2 atom stereocenters. The SMILES string of the molecule is Cc1nn(CO[C@H](C)[Si](C)(C)C)c(C)c1-c1cnc(NC(=O)[C@@H](NC(=O)OC(C)(C)C)C(C2CC2)C2CC2)cc1C(F)F. The number of rotatable bonds is 12. The summed E-state index contributed by atoms with van der Waals surface area (Å²) in [7, 11) is -1.52. The van der Waals surface area contributed by atoms with Crippen LogP contribution in [0.5, 0.6) is 0 Å². The van der Waals surface area contributed by atoms with Gasteiger partial charge in [-0.15, -0.1) is 0 Å². The molecule has 2 aliphatic rings. The van der Waals surface area contributed by atoms with Crippen LogP contribution in [0.15, 0.2) is 12.3 Å². The minimum absolute atomic E-state index is 0.000347. The van der Waals surface area contributed by atoms with Gasteiger partial charge in [-0.05, 0) is 91.0 Å². The fraction of sp³-hybridized carbons (Fsp3) is 0.677. The van der Waals surface area contributed by atoms with Crippen molar-refractivity contribution < 1.29 is 27.8 Å². The summed E-state index contributed by atoms with van der Waals surface area (Å²) in [4.78, 5) is 30.7. The van der Waals surface area contributed by atoms with Gasteiger partial charge in [0, 0.05) is 34.3 Å². The largest absolute Gasteiger partial charge is 0.444 e. The highest BCUT2D eigenvalue weighted by Gasteiger charge is 2.48. The average molecular weight is 620 g/mol. The minimum Gasteiger partial charge on any atom is -0.444 e. The molecule has 12 heteroatoms. The van der Waals surface area contributed by atoms with Crippen molar-refractivity contribution in [3.63, 3.8) is 0 Å². The Morgan fingerprint density at radius 3 is 2.23 bits per heavy atom. The zero-order valence-electron chi connectivity index (χ0n) is 26.9. The first-order valence-electron chi connectivity index (χ1n) is 15.2. The molecular weight excluding hydrogens is 572 g/mol. The van der Waals surface area contributed by atoms with Gasteiger partial charge in [0.05, 0.1) is 13.8 Å². The Bertz CT molecular complexity index is 1320. The van der Waals surface area contributed by atoms with E-state index in [-0.39, 0.29) is 35.3 Å². The highest BCUT2D eigenvalue weighted by atomic mass is 28.3. The van der Waals surface area contributed by atoms with Crippen LogP contribution in [-0.4, -0.2) is 52.2 Å². The number of alkyl halides is 2. The van der Waals surface area contributed by atoms with Crippen molar-refractivity contribution in [1.29, 1.82) is 0 Å². The van der Waals surface area contributed by atoms with Crippen LogP contribution in [0.1, 0.15) is 76.8 Å². The molecule has 0 radical (unpaired) electrons. The van der Waals surface area contributed by atoms with Crippen molar-refractivity contribution in [2.45, 2.75) is 117 Å². The van der Waals surface area contributed by atoms with Crippen LogP contribution >= 0.6 is 0 Å². The molecule has 2 aromatic heterocycles. The van der Waals surface area contributed by atoms with E-state index in [0.717, 1.165) is 25.7 Å². The molecule has 2 saturated carbocycles. The van der Waals surface area contributed by atoms with Crippen LogP contribution in [-0.2, 0) is 21.0 Å². The van der Waals surface area contributed by atoms with Crippen LogP contribution in [0.2, 0.25) is 19.6 Å². The van der Waals surface area contributed by atoms with E-state index in [1.54, 1.807) is 32.4 Å². The van der Waals surface area contributed by atoms with Crippen LogP contribution < -0.4 is 10.6 Å². The molecule has 0 bridgehead atoms. The van der Waals surface area contributed by atoms with E-state index < -0.39 is 38.1 Å². The van der Waals surface area contributed by atoms with Crippen molar-refractivity contribution in [1.82, 2.24) is 20.1 Å². The van der Waals surface area contributed by atoms with E-state index in [1.807, 2.05) is 6.92 Å². The first-order valence-corrected chi connectivity index (χ1v) is 18.8. The number of anilines is 1. The van der Waals surface area contributed by atoms with Crippen molar-refractivity contribution in [3.8, 4) is 11.1 Å². The Hall–Kier alpha value is -2.86. The van der Waals surface area contributed by atoms with Crippen LogP contribution in [0.25, 0.3) is 11.1 Å². The van der Waals surface area contributed by atoms with Crippen LogP contribution in [0.4, 0.5) is 19.4 Å². The topological polar surface area (TPSA) is 107 Å². The fourth-order valence-electron chi connectivity index (χ4n) is 5.44. The summed E-state index contributed by atoms with van der Waals surface area (Å²) in [5, 5.41) is 10.1. The Kier molecular flexibility index (Phi) is 9.70. The van der Waals surface area contributed by atoms with Gasteiger partial charge in [0.2, 0.25) is 5.91 Å². The predicted molar refractivity (Wildman–Crippen MR) is 165 cm³/mol. The minimum atomic E-state index is -2.82. The Labute approximate surface area is 254 Å². The number of aromatic nitrogens is 3. The van der Waals surface area contributed by atoms with Crippen molar-refractivity contribution in [2.75, 3.05) is 5.32 Å². The summed E-state index contributed by atoms with van der Waals surface area (Å²) in [6.07, 6.45) is 1.85. The molecule has 0 saturated heterocycles. The van der Waals surface area contributed by atoms with Gasteiger partial charge in [-0.1, -0.05) is 19.6 Å². The Balaban J connectivity index is 1.58. The Morgan fingerprint density at radius 2 is 1.72 bits per heavy atom. The molecular formula is C31H47F2N5O4Si. The molecule has 2 heterocycles. The molecule has 2 aliphatic carbocycles. The lowest BCUT2D eigenvalue weighted by Crippen LogP contribution is -2.51. The number of amides is 2. The molecule has 2 aromatic rings. The van der Waals surface area contributed by atoms with Crippen LogP contribution in [0, 0.1) is 31.6 Å². The lowest BCUT2D eigenvalue weighted by molar-refractivity contribution is -0.120. The van der Waals surface area contributed by atoms with E-state index in [9.17, 15) is 18.4 Å². The monoisotopic (exact) mass is 619 g/mol. The number of hydrogen-bond acceptors (Lipinski definition) is 6. The summed E-state index contributed by atoms with van der Waals surface area (Å²) < 4.78 is 42.1. The second kappa shape index (κ2) is 12.6. The molecule has 238 valence electrons. The van der Waals surface area contributed by atoms with Gasteiger partial charge in [-0.25, -0.2) is 23.2 Å². The van der Waals surface area contributed by atoms with E-state index in [2.05, 4.69) is 47.3 Å². The molecule has 9 nitrogen and oxygen atoms in total. The number of nitrogens with one attached hydrogen (secondary N) is 2. The molecule has 4 rings (SSSR count). The summed E-state index contributed by atoms with van der Waals surface area (Å²) in [5.74, 6) is 0.156. The third kappa shape index (κ3) is 8.40. The van der Waals surface area contributed by atoms with Crippen molar-refractivity contribution in [2.24, 2.45) is 17.8 Å². The summed E-state index contributed by atoms with van der Waals surface area (Å²) >= 11 is 0. The van der Waals surface area contributed by atoms with E-state index in [4.69, 9.17) is 9.47 Å². The number of pyridine rings is 1. The lowest BCUT2D eigenvalue weighted by Gasteiger charge is -2.29. The highest BCUT2D eigenvalue weighted by molar-refractivity contribution is 6.77. The molecule has 0 aromatic carbocycles. The number of nitrogens with zero attached hydrogens (tertiary/aromatic N) is 3. The van der Waals surface area contributed by atoms with Crippen molar-refractivity contribution in [3.05, 3.63) is 29.2 Å². The second-order valence-electron chi connectivity index (χ2n) is 14.2. The maximum Gasteiger partial charge on any atom is 0.408 e. The van der Waals surface area contributed by atoms with Crippen LogP contribution in [0.3, 0.4) is 0 Å². The predicted octanol–water partition coefficient (Wildman–Crippen LogP) is 7.01. The lowest BCUT2D eigenvalue weighted by atomic mass is 9.88. The third-order valence-corrected chi connectivity index (χ3v) is 11.0. The first kappa shape index (κ1) is 33.0. The maximum atomic E-state index is 14.5. The van der Waals surface area contributed by atoms with Gasteiger partial charge >= 0.3 is 6.09 Å². The number of hydrogen-bond donors (Lipinski definition) is 2. The standard InChI is InChI=1S/C31H47F2N5O4Si/c1-17-25(18(2)38(37-17)16-41-19(3)43(7,8)9)23-15-34-24(14-22(23)28(32)33)35-29(39)27(36-30(40)42-31(4,5)6)26(20-10-11-20)21-12-13-21/h14-15,19-21,26-28H,10-13,16H2,1-9H3,(H,36,40)(H,34,35,39)/t19-,27-/m0/s1. The van der Waals surface area contributed by atoms with Gasteiger partial charge in [0.15, 0.2) is 0 Å². The molecule has 2 fully saturated rings. The van der Waals surface area contributed by atoms with Gasteiger partial charge in [0.25, 0.3) is 6.43 Å². The van der Waals surface area contributed by atoms with Gasteiger partial charge < -0.3 is 20.1 Å². The zero-order valence-corrected chi connectivity index (χ0v) is 27.9. The fourth-order valence-corrected chi connectivity index (χ4v) is 6.01. The molecule has 2 amide bonds. The zero-order chi connectivity index (χ0) is 31.9. The quantitative estimate of drug-likeness (QED) is 0.248. The first-order chi connectivity index (χ1) is 20.0. The summed E-state index contributed by atoms with van der Waals surface area (Å²) in [5.41, 5.74) is 1.20. The molecule has 2 N–H and O–H groups in total. The smallest absolute Gasteiger partial charge is 0.408 e. The van der Waals surface area contributed by atoms with Gasteiger partial charge in [0.1, 0.15) is 24.2 Å². The van der Waals surface area contributed by atoms with E-state index in [0.29, 0.717) is 28.8 Å². The molecule has 0 spiro atoms. The third-order valence-electron chi connectivity index (χ3n) is 8.41. The van der Waals surface area contributed by atoms with E-state index >= 15 is 0 Å². The molecule has 43 heavy (non-hydrogen) atoms. The average Bonchev–Trinajstić information content (AvgIpc) is 3.81.